The van der Waals surface area contributed by atoms with Crippen LogP contribution in [-0.2, 0) is 0 Å². The molecule has 1 aliphatic heterocycles. The summed E-state index contributed by atoms with van der Waals surface area (Å²) in [7, 11) is 0. The Bertz CT molecular complexity index is 402. The number of amides is 2. The third-order valence-corrected chi connectivity index (χ3v) is 1.67. The third kappa shape index (κ3) is 1.08. The summed E-state index contributed by atoms with van der Waals surface area (Å²) in [6.07, 6.45) is 0. The van der Waals surface area contributed by atoms with Gasteiger partial charge in [-0.15, -0.1) is 0 Å². The Morgan fingerprint density at radius 1 is 1.46 bits per heavy atom. The van der Waals surface area contributed by atoms with Crippen molar-refractivity contribution < 1.29 is 9.72 Å². The molecule has 0 unspecified atom stereocenters. The maximum Gasteiger partial charge on any atom is 0.346 e. The second-order valence-electron chi connectivity index (χ2n) is 2.47. The zero-order valence-electron chi connectivity index (χ0n) is 6.35. The SMILES string of the molecule is O=C1[N]c2c(cccc2[N+](=O)[O-])N1. The predicted octanol–water partition coefficient (Wildman–Crippen LogP) is 1.38. The van der Waals surface area contributed by atoms with Gasteiger partial charge in [-0.3, -0.25) is 10.1 Å². The fraction of sp³-hybridized carbons (Fsp3) is 0. The van der Waals surface area contributed by atoms with Gasteiger partial charge in [0.05, 0.1) is 10.6 Å². The van der Waals surface area contributed by atoms with Crippen molar-refractivity contribution in [3.8, 4) is 0 Å². The van der Waals surface area contributed by atoms with Gasteiger partial charge in [-0.1, -0.05) is 6.07 Å². The molecule has 1 aliphatic rings. The number of anilines is 1. The molecule has 6 nitrogen and oxygen atoms in total. The van der Waals surface area contributed by atoms with E-state index < -0.39 is 11.0 Å². The topological polar surface area (TPSA) is 86.3 Å². The number of carbonyl (C=O) groups excluding carboxylic acids is 1. The molecule has 1 aromatic rings. The molecule has 0 fully saturated rings. The number of urea groups is 1. The van der Waals surface area contributed by atoms with Gasteiger partial charge in [-0.2, -0.15) is 5.32 Å². The highest BCUT2D eigenvalue weighted by Crippen LogP contribution is 2.35. The number of para-hydroxylation sites is 1. The molecule has 0 spiro atoms. The summed E-state index contributed by atoms with van der Waals surface area (Å²) in [4.78, 5) is 20.7. The molecule has 1 heterocycles. The highest BCUT2D eigenvalue weighted by molar-refractivity contribution is 6.04. The molecule has 2 rings (SSSR count). The number of carbonyl (C=O) groups is 1. The number of benzene rings is 1. The smallest absolute Gasteiger partial charge is 0.304 e. The standard InChI is InChI=1S/C7H4N3O3/c11-7-8-4-2-1-3-5(10(12)13)6(4)9-7/h1-3H,(H,8,11). The lowest BCUT2D eigenvalue weighted by molar-refractivity contribution is -0.384. The molecule has 0 bridgehead atoms. The molecular formula is C7H4N3O3. The van der Waals surface area contributed by atoms with E-state index in [0.717, 1.165) is 0 Å². The molecule has 1 radical (unpaired) electrons. The summed E-state index contributed by atoms with van der Waals surface area (Å²) in [5, 5.41) is 16.3. The third-order valence-electron chi connectivity index (χ3n) is 1.67. The minimum Gasteiger partial charge on any atom is -0.304 e. The highest BCUT2D eigenvalue weighted by atomic mass is 16.6. The summed E-state index contributed by atoms with van der Waals surface area (Å²) in [5.41, 5.74) is 0.340. The van der Waals surface area contributed by atoms with Crippen LogP contribution in [0.15, 0.2) is 18.2 Å². The molecule has 13 heavy (non-hydrogen) atoms. The van der Waals surface area contributed by atoms with E-state index in [1.165, 1.54) is 12.1 Å². The van der Waals surface area contributed by atoms with Crippen LogP contribution in [0.2, 0.25) is 0 Å². The highest BCUT2D eigenvalue weighted by Gasteiger charge is 2.27. The molecule has 1 N–H and O–H groups in total. The van der Waals surface area contributed by atoms with E-state index in [4.69, 9.17) is 0 Å². The number of hydrogen-bond acceptors (Lipinski definition) is 3. The van der Waals surface area contributed by atoms with Crippen molar-refractivity contribution in [2.24, 2.45) is 0 Å². The number of rotatable bonds is 1. The quantitative estimate of drug-likeness (QED) is 0.520. The van der Waals surface area contributed by atoms with E-state index in [1.807, 2.05) is 0 Å². The van der Waals surface area contributed by atoms with E-state index in [9.17, 15) is 14.9 Å². The Morgan fingerprint density at radius 2 is 2.23 bits per heavy atom. The van der Waals surface area contributed by atoms with Gasteiger partial charge >= 0.3 is 6.03 Å². The van der Waals surface area contributed by atoms with E-state index in [2.05, 4.69) is 10.6 Å². The van der Waals surface area contributed by atoms with Crippen LogP contribution >= 0.6 is 0 Å². The van der Waals surface area contributed by atoms with Gasteiger partial charge in [0.1, 0.15) is 0 Å². The Kier molecular flexibility index (Phi) is 1.42. The molecule has 1 aromatic carbocycles. The summed E-state index contributed by atoms with van der Waals surface area (Å²) in [5.74, 6) is 0. The molecule has 0 aromatic heterocycles. The van der Waals surface area contributed by atoms with Crippen molar-refractivity contribution in [1.82, 2.24) is 5.32 Å². The lowest BCUT2D eigenvalue weighted by Crippen LogP contribution is -2.08. The predicted molar refractivity (Wildman–Crippen MR) is 43.9 cm³/mol. The summed E-state index contributed by atoms with van der Waals surface area (Å²) in [6.45, 7) is 0. The van der Waals surface area contributed by atoms with Gasteiger partial charge in [0.25, 0.3) is 5.69 Å². The maximum absolute atomic E-state index is 10.8. The van der Waals surface area contributed by atoms with Crippen LogP contribution in [0, 0.1) is 10.1 Å². The summed E-state index contributed by atoms with van der Waals surface area (Å²) < 4.78 is 0. The van der Waals surface area contributed by atoms with Crippen LogP contribution in [0.4, 0.5) is 21.9 Å². The average molecular weight is 178 g/mol. The monoisotopic (exact) mass is 178 g/mol. The first-order valence-electron chi connectivity index (χ1n) is 3.48. The first-order chi connectivity index (χ1) is 6.18. The second-order valence-corrected chi connectivity index (χ2v) is 2.47. The van der Waals surface area contributed by atoms with Crippen LogP contribution in [0.5, 0.6) is 0 Å². The minimum atomic E-state index is -0.567. The minimum absolute atomic E-state index is 0.109. The Hall–Kier alpha value is -2.11. The normalized spacial score (nSPS) is 13.1. The maximum atomic E-state index is 10.8. The van der Waals surface area contributed by atoms with E-state index in [0.29, 0.717) is 5.69 Å². The average Bonchev–Trinajstić information content (AvgIpc) is 2.43. The lowest BCUT2D eigenvalue weighted by atomic mass is 10.2. The number of nitro benzene ring substituents is 1. The van der Waals surface area contributed by atoms with Crippen molar-refractivity contribution in [3.63, 3.8) is 0 Å². The van der Waals surface area contributed by atoms with Crippen molar-refractivity contribution in [2.75, 3.05) is 5.32 Å². The lowest BCUT2D eigenvalue weighted by Gasteiger charge is -1.95. The van der Waals surface area contributed by atoms with Gasteiger partial charge < -0.3 is 5.32 Å². The van der Waals surface area contributed by atoms with Gasteiger partial charge in [-0.25, -0.2) is 4.79 Å². The van der Waals surface area contributed by atoms with Crippen LogP contribution in [0.1, 0.15) is 0 Å². The summed E-state index contributed by atoms with van der Waals surface area (Å²) >= 11 is 0. The second kappa shape index (κ2) is 2.44. The van der Waals surface area contributed by atoms with Gasteiger partial charge in [0.2, 0.25) is 0 Å². The van der Waals surface area contributed by atoms with E-state index in [1.54, 1.807) is 6.07 Å². The van der Waals surface area contributed by atoms with Crippen LogP contribution in [0.3, 0.4) is 0 Å². The first kappa shape index (κ1) is 7.53. The number of hydrogen-bond donors (Lipinski definition) is 1. The molecule has 0 aliphatic carbocycles. The number of nitro groups is 1. The van der Waals surface area contributed by atoms with Crippen molar-refractivity contribution in [1.29, 1.82) is 0 Å². The van der Waals surface area contributed by atoms with Crippen LogP contribution < -0.4 is 10.6 Å². The Balaban J connectivity index is 2.57. The van der Waals surface area contributed by atoms with Crippen molar-refractivity contribution in [3.05, 3.63) is 28.3 Å². The first-order valence-corrected chi connectivity index (χ1v) is 3.48. The summed E-state index contributed by atoms with van der Waals surface area (Å²) in [6, 6.07) is 3.81. The molecule has 0 atom stereocenters. The van der Waals surface area contributed by atoms with Crippen molar-refractivity contribution >= 4 is 23.1 Å². The molecule has 65 valence electrons. The molecule has 2 amide bonds. The molecule has 0 saturated heterocycles. The van der Waals surface area contributed by atoms with Crippen LogP contribution in [-0.4, -0.2) is 11.0 Å². The van der Waals surface area contributed by atoms with Gasteiger partial charge in [0, 0.05) is 6.07 Å². The molecule has 6 heteroatoms. The zero-order chi connectivity index (χ0) is 9.42. The molecular weight excluding hydrogens is 174 g/mol. The van der Waals surface area contributed by atoms with Crippen molar-refractivity contribution in [2.45, 2.75) is 0 Å². The fourth-order valence-electron chi connectivity index (χ4n) is 1.14. The zero-order valence-corrected chi connectivity index (χ0v) is 6.35. The number of nitrogens with zero attached hydrogens (tertiary/aromatic N) is 2. The number of nitrogens with one attached hydrogen (secondary N) is 1. The number of fused-ring (bicyclic) bond motifs is 1. The molecule has 0 saturated carbocycles. The largest absolute Gasteiger partial charge is 0.346 e. The van der Waals surface area contributed by atoms with Crippen LogP contribution in [0.25, 0.3) is 0 Å². The fourth-order valence-corrected chi connectivity index (χ4v) is 1.14. The van der Waals surface area contributed by atoms with Gasteiger partial charge in [-0.05, 0) is 6.07 Å². The van der Waals surface area contributed by atoms with E-state index >= 15 is 0 Å². The van der Waals surface area contributed by atoms with E-state index in [-0.39, 0.29) is 11.4 Å². The Labute approximate surface area is 72.7 Å². The van der Waals surface area contributed by atoms with Gasteiger partial charge in [0.15, 0.2) is 5.69 Å². The Morgan fingerprint density at radius 3 is 2.92 bits per heavy atom.